The highest BCUT2D eigenvalue weighted by Gasteiger charge is 2.25. The number of nitrogens with zero attached hydrogens (tertiary/aromatic N) is 3. The fourth-order valence-electron chi connectivity index (χ4n) is 2.62. The van der Waals surface area contributed by atoms with E-state index in [1.54, 1.807) is 24.3 Å². The van der Waals surface area contributed by atoms with Crippen LogP contribution in [0, 0.1) is 0 Å². The van der Waals surface area contributed by atoms with Crippen molar-refractivity contribution in [2.24, 2.45) is 5.11 Å². The second-order valence-electron chi connectivity index (χ2n) is 6.84. The Morgan fingerprint density at radius 3 is 2.09 bits per heavy atom. The number of aliphatic carboxylic acids is 3. The van der Waals surface area contributed by atoms with Crippen molar-refractivity contribution < 1.29 is 39.3 Å². The van der Waals surface area contributed by atoms with Gasteiger partial charge in [-0.1, -0.05) is 17.2 Å². The number of benzene rings is 1. The Hall–Kier alpha value is -4.32. The molecule has 0 aliphatic heterocycles. The minimum Gasteiger partial charge on any atom is -0.481 e. The molecule has 2 atom stereocenters. The summed E-state index contributed by atoms with van der Waals surface area (Å²) in [6.45, 7) is 0.201. The number of carbonyl (C=O) groups excluding carboxylic acids is 2. The van der Waals surface area contributed by atoms with Crippen LogP contribution in [0.4, 0.5) is 10.5 Å². The van der Waals surface area contributed by atoms with Gasteiger partial charge < -0.3 is 31.3 Å². The van der Waals surface area contributed by atoms with Gasteiger partial charge in [0.05, 0.1) is 0 Å². The summed E-state index contributed by atoms with van der Waals surface area (Å²) in [4.78, 5) is 59.7. The Bertz CT molecular complexity index is 913. The molecule has 0 bridgehead atoms. The Kier molecular flexibility index (Phi) is 11.2. The number of hydrogen-bond acceptors (Lipinski definition) is 6. The van der Waals surface area contributed by atoms with Crippen LogP contribution in [0.25, 0.3) is 10.4 Å². The first-order valence-electron chi connectivity index (χ1n) is 9.76. The van der Waals surface area contributed by atoms with E-state index in [4.69, 9.17) is 15.7 Å². The number of anilines is 1. The van der Waals surface area contributed by atoms with E-state index in [1.165, 1.54) is 0 Å². The molecule has 178 valence electrons. The molecule has 14 nitrogen and oxygen atoms in total. The normalized spacial score (nSPS) is 11.9. The molecule has 0 saturated heterocycles. The summed E-state index contributed by atoms with van der Waals surface area (Å²) in [6.07, 6.45) is -0.438. The fraction of sp³-hybridized carbons (Fsp3) is 0.421. The van der Waals surface area contributed by atoms with Crippen LogP contribution in [-0.2, 0) is 25.6 Å². The van der Waals surface area contributed by atoms with E-state index < -0.39 is 42.4 Å². The second-order valence-corrected chi connectivity index (χ2v) is 6.84. The minimum atomic E-state index is -1.50. The van der Waals surface area contributed by atoms with Crippen molar-refractivity contribution in [3.05, 3.63) is 40.3 Å². The predicted octanol–water partition coefficient (Wildman–Crippen LogP) is 1.33. The fourth-order valence-corrected chi connectivity index (χ4v) is 2.62. The number of urea groups is 1. The van der Waals surface area contributed by atoms with Crippen molar-refractivity contribution in [1.82, 2.24) is 10.6 Å². The molecule has 0 unspecified atom stereocenters. The lowest BCUT2D eigenvalue weighted by atomic mass is 10.1. The monoisotopic (exact) mass is 464 g/mol. The Balaban J connectivity index is 2.65. The molecule has 3 amide bonds. The molecule has 0 radical (unpaired) electrons. The van der Waals surface area contributed by atoms with Gasteiger partial charge in [-0.2, -0.15) is 0 Å². The Morgan fingerprint density at radius 2 is 1.55 bits per heavy atom. The zero-order chi connectivity index (χ0) is 24.8. The van der Waals surface area contributed by atoms with Crippen LogP contribution < -0.4 is 16.0 Å². The average Bonchev–Trinajstić information content (AvgIpc) is 2.74. The van der Waals surface area contributed by atoms with Gasteiger partial charge in [-0.3, -0.25) is 9.59 Å². The standard InChI is InChI=1S/C19H24N6O8/c20-25-21-9-1-2-15(26)22-12-5-3-11(4-6-12)10-14(18(31)32)24-19(33)23-13(17(29)30)7-8-16(27)28/h3-6,13-14H,1-2,7-10H2,(H,22,26)(H,27,28)(H,29,30)(H,31,32)(H2,23,24,33)/t13-,14-/m0/s1. The van der Waals surface area contributed by atoms with Crippen LogP contribution in [0.15, 0.2) is 29.4 Å². The summed E-state index contributed by atoms with van der Waals surface area (Å²) in [5.74, 6) is -4.33. The van der Waals surface area contributed by atoms with Gasteiger partial charge in [0.15, 0.2) is 0 Å². The lowest BCUT2D eigenvalue weighted by molar-refractivity contribution is -0.140. The van der Waals surface area contributed by atoms with Gasteiger partial charge in [-0.05, 0) is 36.1 Å². The third kappa shape index (κ3) is 11.0. The first-order valence-corrected chi connectivity index (χ1v) is 9.76. The molecule has 1 aromatic rings. The van der Waals surface area contributed by atoms with Gasteiger partial charge in [-0.25, -0.2) is 14.4 Å². The van der Waals surface area contributed by atoms with Crippen LogP contribution in [-0.4, -0.2) is 63.8 Å². The van der Waals surface area contributed by atoms with Crippen LogP contribution in [0.2, 0.25) is 0 Å². The molecule has 14 heteroatoms. The summed E-state index contributed by atoms with van der Waals surface area (Å²) >= 11 is 0. The van der Waals surface area contributed by atoms with E-state index in [1.807, 2.05) is 5.32 Å². The lowest BCUT2D eigenvalue weighted by Crippen LogP contribution is -2.51. The molecule has 0 heterocycles. The lowest BCUT2D eigenvalue weighted by Gasteiger charge is -2.18. The Labute approximate surface area is 187 Å². The van der Waals surface area contributed by atoms with E-state index in [9.17, 15) is 29.1 Å². The highest BCUT2D eigenvalue weighted by molar-refractivity contribution is 5.90. The van der Waals surface area contributed by atoms with Gasteiger partial charge in [0.2, 0.25) is 5.91 Å². The molecule has 0 aliphatic rings. The molecule has 0 fully saturated rings. The molecule has 0 aliphatic carbocycles. The van der Waals surface area contributed by atoms with Crippen LogP contribution in [0.3, 0.4) is 0 Å². The van der Waals surface area contributed by atoms with Crippen molar-refractivity contribution in [2.45, 2.75) is 44.2 Å². The number of carboxylic acids is 3. The highest BCUT2D eigenvalue weighted by Crippen LogP contribution is 2.12. The molecule has 0 saturated carbocycles. The number of amides is 3. The van der Waals surface area contributed by atoms with Crippen molar-refractivity contribution in [3.8, 4) is 0 Å². The molecule has 33 heavy (non-hydrogen) atoms. The van der Waals surface area contributed by atoms with Crippen LogP contribution in [0.5, 0.6) is 0 Å². The highest BCUT2D eigenvalue weighted by atomic mass is 16.4. The maximum Gasteiger partial charge on any atom is 0.326 e. The van der Waals surface area contributed by atoms with Crippen LogP contribution in [0.1, 0.15) is 31.2 Å². The smallest absolute Gasteiger partial charge is 0.326 e. The number of carbonyl (C=O) groups is 5. The maximum atomic E-state index is 12.0. The van der Waals surface area contributed by atoms with Crippen molar-refractivity contribution in [1.29, 1.82) is 0 Å². The summed E-state index contributed by atoms with van der Waals surface area (Å²) in [6, 6.07) is 2.25. The van der Waals surface area contributed by atoms with E-state index in [2.05, 4.69) is 20.7 Å². The van der Waals surface area contributed by atoms with E-state index >= 15 is 0 Å². The zero-order valence-electron chi connectivity index (χ0n) is 17.4. The van der Waals surface area contributed by atoms with Gasteiger partial charge in [-0.15, -0.1) is 0 Å². The maximum absolute atomic E-state index is 12.0. The summed E-state index contributed by atoms with van der Waals surface area (Å²) in [7, 11) is 0. The topological polar surface area (TPSA) is 231 Å². The zero-order valence-corrected chi connectivity index (χ0v) is 17.4. The predicted molar refractivity (Wildman–Crippen MR) is 113 cm³/mol. The first-order chi connectivity index (χ1) is 15.6. The molecule has 1 rings (SSSR count). The molecule has 0 spiro atoms. The number of nitrogens with one attached hydrogen (secondary N) is 3. The number of azide groups is 1. The second kappa shape index (κ2) is 13.9. The molecule has 6 N–H and O–H groups in total. The summed E-state index contributed by atoms with van der Waals surface area (Å²) in [5, 5.41) is 37.3. The van der Waals surface area contributed by atoms with E-state index in [0.717, 1.165) is 0 Å². The molecule has 0 aromatic heterocycles. The minimum absolute atomic E-state index is 0.129. The largest absolute Gasteiger partial charge is 0.481 e. The number of rotatable bonds is 14. The summed E-state index contributed by atoms with van der Waals surface area (Å²) < 4.78 is 0. The average molecular weight is 464 g/mol. The van der Waals surface area contributed by atoms with Gasteiger partial charge in [0.25, 0.3) is 0 Å². The molecular formula is C19H24N6O8. The summed E-state index contributed by atoms with van der Waals surface area (Å²) in [5.41, 5.74) is 9.17. The third-order valence-electron chi connectivity index (χ3n) is 4.26. The van der Waals surface area contributed by atoms with Crippen molar-refractivity contribution >= 4 is 35.5 Å². The Morgan fingerprint density at radius 1 is 0.939 bits per heavy atom. The third-order valence-corrected chi connectivity index (χ3v) is 4.26. The van der Waals surface area contributed by atoms with Gasteiger partial charge in [0.1, 0.15) is 12.1 Å². The first kappa shape index (κ1) is 26.7. The molecular weight excluding hydrogens is 440 g/mol. The van der Waals surface area contributed by atoms with Crippen molar-refractivity contribution in [3.63, 3.8) is 0 Å². The van der Waals surface area contributed by atoms with Crippen molar-refractivity contribution in [2.75, 3.05) is 11.9 Å². The quantitative estimate of drug-likeness (QED) is 0.101. The van der Waals surface area contributed by atoms with Crippen LogP contribution >= 0.6 is 0 Å². The van der Waals surface area contributed by atoms with Gasteiger partial charge >= 0.3 is 23.9 Å². The number of hydrogen-bond donors (Lipinski definition) is 6. The van der Waals surface area contributed by atoms with E-state index in [-0.39, 0.29) is 31.7 Å². The SMILES string of the molecule is [N-]=[N+]=NCCCC(=O)Nc1ccc(C[C@H](NC(=O)N[C@@H](CCC(=O)O)C(=O)O)C(=O)O)cc1. The number of carboxylic acid groups (broad SMARTS) is 3. The molecule has 1 aromatic carbocycles. The van der Waals surface area contributed by atoms with E-state index in [0.29, 0.717) is 17.7 Å². The van der Waals surface area contributed by atoms with Gasteiger partial charge in [0, 0.05) is 36.4 Å².